The Morgan fingerprint density at radius 2 is 1.62 bits per heavy atom. The normalized spacial score (nSPS) is 15.9. The first kappa shape index (κ1) is 23.7. The number of hydrogen-bond donors (Lipinski definition) is 1. The van der Waals surface area contributed by atoms with Crippen LogP contribution < -0.4 is 4.90 Å². The van der Waals surface area contributed by atoms with Gasteiger partial charge in [-0.1, -0.05) is 67.6 Å². The zero-order chi connectivity index (χ0) is 23.0. The minimum atomic E-state index is -0.822. The van der Waals surface area contributed by atoms with Gasteiger partial charge in [-0.25, -0.2) is 0 Å². The Labute approximate surface area is 190 Å². The lowest BCUT2D eigenvalue weighted by atomic mass is 9.65. The van der Waals surface area contributed by atoms with Gasteiger partial charge in [0.25, 0.3) is 5.09 Å². The smallest absolute Gasteiger partial charge is 0.294 e. The van der Waals surface area contributed by atoms with E-state index in [1.807, 2.05) is 41.3 Å². The molecular weight excluding hydrogens is 406 g/mol. The van der Waals surface area contributed by atoms with E-state index in [1.165, 1.54) is 4.90 Å². The van der Waals surface area contributed by atoms with Gasteiger partial charge in [0.2, 0.25) is 5.91 Å². The van der Waals surface area contributed by atoms with Crippen molar-refractivity contribution in [2.45, 2.75) is 32.1 Å². The van der Waals surface area contributed by atoms with Crippen LogP contribution in [0.2, 0.25) is 0 Å². The number of nitrogens with one attached hydrogen (secondary N) is 1. The molecule has 1 saturated heterocycles. The molecule has 0 aromatic heterocycles. The summed E-state index contributed by atoms with van der Waals surface area (Å²) >= 11 is 0. The van der Waals surface area contributed by atoms with E-state index in [1.54, 1.807) is 0 Å². The molecule has 2 aromatic carbocycles. The molecular formula is C25H34N3O4+. The molecule has 1 unspecified atom stereocenters. The van der Waals surface area contributed by atoms with Gasteiger partial charge in [0.05, 0.1) is 13.1 Å². The highest BCUT2D eigenvalue weighted by atomic mass is 16.9. The molecule has 2 atom stereocenters. The predicted molar refractivity (Wildman–Crippen MR) is 123 cm³/mol. The minimum Gasteiger partial charge on any atom is -0.342 e. The number of quaternary nitrogens is 1. The van der Waals surface area contributed by atoms with Crippen LogP contribution in [0.1, 0.15) is 37.8 Å². The highest BCUT2D eigenvalue weighted by Gasteiger charge is 2.50. The fourth-order valence-electron chi connectivity index (χ4n) is 5.04. The second-order valence-corrected chi connectivity index (χ2v) is 8.55. The Morgan fingerprint density at radius 3 is 2.09 bits per heavy atom. The van der Waals surface area contributed by atoms with Gasteiger partial charge in [0.15, 0.2) is 0 Å². The quantitative estimate of drug-likeness (QED) is 0.430. The largest absolute Gasteiger partial charge is 0.342 e. The first-order chi connectivity index (χ1) is 15.5. The summed E-state index contributed by atoms with van der Waals surface area (Å²) in [6, 6.07) is 20.1. The second-order valence-electron chi connectivity index (χ2n) is 8.55. The van der Waals surface area contributed by atoms with Crippen LogP contribution in [0.25, 0.3) is 0 Å². The molecule has 32 heavy (non-hydrogen) atoms. The molecule has 1 N–H and O–H groups in total. The number of carbonyl (C=O) groups is 1. The van der Waals surface area contributed by atoms with Crippen molar-refractivity contribution in [1.82, 2.24) is 4.90 Å². The maximum Gasteiger partial charge on any atom is 0.294 e. The Kier molecular flexibility index (Phi) is 8.22. The SMILES string of the molecule is CC[NH+](CCO[N+](=O)[O-])C[C@H](C)C(C(=O)N1CCCC1)(c1ccccc1)c1ccccc1. The van der Waals surface area contributed by atoms with Gasteiger partial charge in [-0.05, 0) is 30.9 Å². The molecule has 1 aliphatic heterocycles. The summed E-state index contributed by atoms with van der Waals surface area (Å²) in [6.07, 6.45) is 2.06. The summed E-state index contributed by atoms with van der Waals surface area (Å²) in [4.78, 5) is 32.6. The van der Waals surface area contributed by atoms with Crippen molar-refractivity contribution >= 4 is 5.91 Å². The van der Waals surface area contributed by atoms with Crippen molar-refractivity contribution in [3.63, 3.8) is 0 Å². The third-order valence-electron chi connectivity index (χ3n) is 6.68. The number of likely N-dealkylation sites (tertiary alicyclic amines) is 1. The van der Waals surface area contributed by atoms with E-state index in [9.17, 15) is 14.9 Å². The summed E-state index contributed by atoms with van der Waals surface area (Å²) in [5.74, 6) is 0.114. The lowest BCUT2D eigenvalue weighted by molar-refractivity contribution is -0.909. The number of nitrogens with zero attached hydrogens (tertiary/aromatic N) is 2. The molecule has 0 radical (unpaired) electrons. The lowest BCUT2D eigenvalue weighted by Crippen LogP contribution is -3.13. The molecule has 2 aromatic rings. The Balaban J connectivity index is 2.03. The van der Waals surface area contributed by atoms with Gasteiger partial charge in [-0.3, -0.25) is 4.79 Å². The third-order valence-corrected chi connectivity index (χ3v) is 6.68. The number of rotatable bonds is 11. The van der Waals surface area contributed by atoms with E-state index in [-0.39, 0.29) is 18.4 Å². The van der Waals surface area contributed by atoms with Gasteiger partial charge < -0.3 is 14.6 Å². The second kappa shape index (κ2) is 11.1. The fourth-order valence-corrected chi connectivity index (χ4v) is 5.04. The fraction of sp³-hybridized carbons (Fsp3) is 0.480. The number of hydrogen-bond acceptors (Lipinski definition) is 4. The average Bonchev–Trinajstić information content (AvgIpc) is 3.35. The van der Waals surface area contributed by atoms with Crippen molar-refractivity contribution in [2.75, 3.05) is 39.3 Å². The van der Waals surface area contributed by atoms with Crippen LogP contribution in [0.5, 0.6) is 0 Å². The van der Waals surface area contributed by atoms with E-state index < -0.39 is 10.5 Å². The monoisotopic (exact) mass is 440 g/mol. The number of amides is 1. The maximum absolute atomic E-state index is 14.3. The van der Waals surface area contributed by atoms with E-state index >= 15 is 0 Å². The highest BCUT2D eigenvalue weighted by molar-refractivity contribution is 5.92. The molecule has 0 saturated carbocycles. The van der Waals surface area contributed by atoms with Crippen LogP contribution >= 0.6 is 0 Å². The van der Waals surface area contributed by atoms with Gasteiger partial charge >= 0.3 is 0 Å². The maximum atomic E-state index is 14.3. The Bertz CT molecular complexity index is 830. The van der Waals surface area contributed by atoms with Gasteiger partial charge in [0, 0.05) is 19.0 Å². The summed E-state index contributed by atoms with van der Waals surface area (Å²) in [7, 11) is 0. The van der Waals surface area contributed by atoms with Crippen LogP contribution in [0.4, 0.5) is 0 Å². The van der Waals surface area contributed by atoms with Crippen molar-refractivity contribution in [3.05, 3.63) is 81.9 Å². The average molecular weight is 441 g/mol. The molecule has 7 heteroatoms. The van der Waals surface area contributed by atoms with Crippen LogP contribution in [-0.2, 0) is 15.0 Å². The topological polar surface area (TPSA) is 77.1 Å². The molecule has 3 rings (SSSR count). The van der Waals surface area contributed by atoms with E-state index in [0.29, 0.717) is 13.1 Å². The van der Waals surface area contributed by atoms with Crippen LogP contribution in [0.3, 0.4) is 0 Å². The van der Waals surface area contributed by atoms with Crippen LogP contribution in [0.15, 0.2) is 60.7 Å². The summed E-state index contributed by atoms with van der Waals surface area (Å²) in [6.45, 7) is 7.82. The molecule has 1 aliphatic rings. The van der Waals surface area contributed by atoms with E-state index in [2.05, 4.69) is 43.0 Å². The Morgan fingerprint density at radius 1 is 1.09 bits per heavy atom. The highest BCUT2D eigenvalue weighted by Crippen LogP contribution is 2.41. The van der Waals surface area contributed by atoms with Crippen molar-refractivity contribution in [2.24, 2.45) is 5.92 Å². The molecule has 1 fully saturated rings. The zero-order valence-corrected chi connectivity index (χ0v) is 19.0. The van der Waals surface area contributed by atoms with Crippen molar-refractivity contribution in [3.8, 4) is 0 Å². The van der Waals surface area contributed by atoms with Crippen molar-refractivity contribution in [1.29, 1.82) is 0 Å². The molecule has 0 bridgehead atoms. The predicted octanol–water partition coefficient (Wildman–Crippen LogP) is 2.34. The van der Waals surface area contributed by atoms with Gasteiger partial charge in [0.1, 0.15) is 18.6 Å². The zero-order valence-electron chi connectivity index (χ0n) is 19.0. The molecule has 1 heterocycles. The minimum absolute atomic E-state index is 0.0362. The van der Waals surface area contributed by atoms with Crippen LogP contribution in [0, 0.1) is 16.0 Å². The molecule has 0 spiro atoms. The number of carbonyl (C=O) groups excluding carboxylic acids is 1. The molecule has 1 amide bonds. The standard InChI is InChI=1S/C25H33N3O4/c1-3-26(18-19-32-28(30)31)20-21(2)25(22-12-6-4-7-13-22,23-14-8-5-9-15-23)24(29)27-16-10-11-17-27/h4-9,12-15,21H,3,10-11,16-20H2,1-2H3/p+1/t21-/m0/s1. The molecule has 172 valence electrons. The first-order valence-corrected chi connectivity index (χ1v) is 11.5. The summed E-state index contributed by atoms with van der Waals surface area (Å²) in [5, 5.41) is 9.84. The lowest BCUT2D eigenvalue weighted by Gasteiger charge is -2.42. The first-order valence-electron chi connectivity index (χ1n) is 11.5. The summed E-state index contributed by atoms with van der Waals surface area (Å²) in [5.41, 5.74) is 1.16. The van der Waals surface area contributed by atoms with Crippen LogP contribution in [-0.4, -0.2) is 55.2 Å². The number of likely N-dealkylation sites (N-methyl/N-ethyl adjacent to an activating group) is 1. The molecule has 0 aliphatic carbocycles. The third kappa shape index (κ3) is 5.10. The van der Waals surface area contributed by atoms with Crippen molar-refractivity contribution < 1.29 is 19.6 Å². The molecule has 7 nitrogen and oxygen atoms in total. The van der Waals surface area contributed by atoms with Gasteiger partial charge in [-0.2, -0.15) is 0 Å². The number of benzene rings is 2. The van der Waals surface area contributed by atoms with E-state index in [0.717, 1.165) is 43.6 Å². The van der Waals surface area contributed by atoms with E-state index in [4.69, 9.17) is 0 Å². The van der Waals surface area contributed by atoms with Gasteiger partial charge in [-0.15, -0.1) is 10.1 Å². The summed E-state index contributed by atoms with van der Waals surface area (Å²) < 4.78 is 0. The Hall–Kier alpha value is -2.93.